The molecule has 10 heteroatoms. The van der Waals surface area contributed by atoms with Gasteiger partial charge in [0, 0.05) is 25.7 Å². The molecule has 0 saturated carbocycles. The van der Waals surface area contributed by atoms with Crippen LogP contribution in [-0.2, 0) is 16.6 Å². The first-order valence-electron chi connectivity index (χ1n) is 6.48. The second kappa shape index (κ2) is 7.76. The fourth-order valence-electron chi connectivity index (χ4n) is 1.60. The van der Waals surface area contributed by atoms with E-state index in [-0.39, 0.29) is 17.9 Å². The smallest absolute Gasteiger partial charge is 0.320 e. The molecular weight excluding hydrogens is 309 g/mol. The van der Waals surface area contributed by atoms with Gasteiger partial charge in [0.2, 0.25) is 10.0 Å². The number of hydrogen-bond donors (Lipinski definition) is 2. The number of aryl methyl sites for hydroxylation is 1. The van der Waals surface area contributed by atoms with Crippen LogP contribution >= 0.6 is 0 Å². The molecule has 122 valence electrons. The molecule has 0 atom stereocenters. The van der Waals surface area contributed by atoms with E-state index in [9.17, 15) is 21.6 Å². The van der Waals surface area contributed by atoms with Crippen molar-refractivity contribution in [2.45, 2.75) is 36.9 Å². The molecular formula is C11H19F3N4O2S. The molecule has 6 nitrogen and oxygen atoms in total. The Morgan fingerprint density at radius 2 is 2.00 bits per heavy atom. The average Bonchev–Trinajstić information content (AvgIpc) is 2.84. The minimum atomic E-state index is -4.27. The van der Waals surface area contributed by atoms with Gasteiger partial charge in [-0.15, -0.1) is 0 Å². The highest BCUT2D eigenvalue weighted by Crippen LogP contribution is 2.20. The zero-order chi connectivity index (χ0) is 15.9. The summed E-state index contributed by atoms with van der Waals surface area (Å²) in [5, 5.41) is 6.87. The highest BCUT2D eigenvalue weighted by molar-refractivity contribution is 7.89. The summed E-state index contributed by atoms with van der Waals surface area (Å²) in [6, 6.07) is 0. The number of halogens is 3. The van der Waals surface area contributed by atoms with Gasteiger partial charge in [-0.1, -0.05) is 0 Å². The maximum atomic E-state index is 12.0. The molecule has 0 aliphatic rings. The molecule has 0 unspecified atom stereocenters. The van der Waals surface area contributed by atoms with Gasteiger partial charge in [0.05, 0.1) is 6.20 Å². The number of hydrogen-bond acceptors (Lipinski definition) is 4. The second-order valence-electron chi connectivity index (χ2n) is 4.51. The van der Waals surface area contributed by atoms with Gasteiger partial charge in [-0.05, 0) is 26.4 Å². The van der Waals surface area contributed by atoms with E-state index in [1.807, 2.05) is 7.05 Å². The average molecular weight is 328 g/mol. The van der Waals surface area contributed by atoms with Crippen LogP contribution < -0.4 is 10.0 Å². The minimum absolute atomic E-state index is 0.0426. The van der Waals surface area contributed by atoms with Crippen LogP contribution in [-0.4, -0.2) is 44.5 Å². The van der Waals surface area contributed by atoms with Gasteiger partial charge in [-0.25, -0.2) is 13.1 Å². The zero-order valence-electron chi connectivity index (χ0n) is 11.7. The highest BCUT2D eigenvalue weighted by atomic mass is 32.2. The van der Waals surface area contributed by atoms with Crippen molar-refractivity contribution in [2.24, 2.45) is 0 Å². The van der Waals surface area contributed by atoms with Crippen LogP contribution in [0, 0.1) is 0 Å². The Bertz CT molecular complexity index is 528. The topological polar surface area (TPSA) is 76.0 Å². The molecule has 21 heavy (non-hydrogen) atoms. The lowest BCUT2D eigenvalue weighted by molar-refractivity contribution is -0.135. The molecule has 1 aromatic rings. The second-order valence-corrected chi connectivity index (χ2v) is 6.28. The van der Waals surface area contributed by atoms with E-state index in [1.54, 1.807) is 0 Å². The van der Waals surface area contributed by atoms with E-state index in [2.05, 4.69) is 15.1 Å². The van der Waals surface area contributed by atoms with Crippen LogP contribution in [0.5, 0.6) is 0 Å². The lowest BCUT2D eigenvalue weighted by Gasteiger charge is -2.07. The molecule has 0 aliphatic carbocycles. The van der Waals surface area contributed by atoms with Crippen molar-refractivity contribution in [3.63, 3.8) is 0 Å². The van der Waals surface area contributed by atoms with Gasteiger partial charge < -0.3 is 5.32 Å². The van der Waals surface area contributed by atoms with Crippen molar-refractivity contribution < 1.29 is 21.6 Å². The number of rotatable bonds is 9. The van der Waals surface area contributed by atoms with E-state index in [0.29, 0.717) is 6.54 Å². The van der Waals surface area contributed by atoms with Gasteiger partial charge in [-0.2, -0.15) is 18.3 Å². The Morgan fingerprint density at radius 1 is 1.29 bits per heavy atom. The number of alkyl halides is 3. The lowest BCUT2D eigenvalue weighted by Crippen LogP contribution is -2.25. The maximum absolute atomic E-state index is 12.0. The van der Waals surface area contributed by atoms with Crippen molar-refractivity contribution in [1.82, 2.24) is 19.8 Å². The Hall–Kier alpha value is -1.13. The van der Waals surface area contributed by atoms with E-state index in [0.717, 1.165) is 13.0 Å². The zero-order valence-corrected chi connectivity index (χ0v) is 12.5. The Kier molecular flexibility index (Phi) is 6.62. The monoisotopic (exact) mass is 328 g/mol. The number of aromatic nitrogens is 2. The Morgan fingerprint density at radius 3 is 2.62 bits per heavy atom. The third kappa shape index (κ3) is 6.91. The first-order chi connectivity index (χ1) is 9.74. The van der Waals surface area contributed by atoms with Crippen molar-refractivity contribution >= 4 is 10.0 Å². The van der Waals surface area contributed by atoms with Crippen molar-refractivity contribution in [2.75, 3.05) is 20.1 Å². The number of nitrogens with one attached hydrogen (secondary N) is 2. The maximum Gasteiger partial charge on any atom is 0.389 e. The summed E-state index contributed by atoms with van der Waals surface area (Å²) in [5.41, 5.74) is 0. The molecule has 0 fully saturated rings. The molecule has 0 spiro atoms. The van der Waals surface area contributed by atoms with E-state index >= 15 is 0 Å². The molecule has 1 rings (SSSR count). The van der Waals surface area contributed by atoms with E-state index < -0.39 is 22.6 Å². The van der Waals surface area contributed by atoms with Crippen LogP contribution in [0.15, 0.2) is 17.3 Å². The van der Waals surface area contributed by atoms with Crippen molar-refractivity contribution in [3.05, 3.63) is 12.4 Å². The van der Waals surface area contributed by atoms with Gasteiger partial charge in [-0.3, -0.25) is 4.68 Å². The standard InChI is InChI=1S/C11H19F3N4O2S/c1-15-5-3-7-18-9-10(8-16-18)21(19,20)17-6-2-4-11(12,13)14/h8-9,15,17H,2-7H2,1H3. The molecule has 0 amide bonds. The molecule has 2 N–H and O–H groups in total. The molecule has 1 heterocycles. The molecule has 0 radical (unpaired) electrons. The molecule has 0 saturated heterocycles. The van der Waals surface area contributed by atoms with Gasteiger partial charge in [0.25, 0.3) is 0 Å². The predicted octanol–water partition coefficient (Wildman–Crippen LogP) is 1.11. The largest absolute Gasteiger partial charge is 0.389 e. The van der Waals surface area contributed by atoms with Gasteiger partial charge in [0.1, 0.15) is 4.90 Å². The van der Waals surface area contributed by atoms with Gasteiger partial charge in [0.15, 0.2) is 0 Å². The summed E-state index contributed by atoms with van der Waals surface area (Å²) in [5.74, 6) is 0. The normalized spacial score (nSPS) is 12.8. The minimum Gasteiger partial charge on any atom is -0.320 e. The summed E-state index contributed by atoms with van der Waals surface area (Å²) in [7, 11) is -1.99. The molecule has 0 aromatic carbocycles. The number of nitrogens with zero attached hydrogens (tertiary/aromatic N) is 2. The summed E-state index contributed by atoms with van der Waals surface area (Å²) < 4.78 is 63.2. The summed E-state index contributed by atoms with van der Waals surface area (Å²) >= 11 is 0. The quantitative estimate of drug-likeness (QED) is 0.666. The van der Waals surface area contributed by atoms with E-state index in [1.165, 1.54) is 17.1 Å². The molecule has 0 aliphatic heterocycles. The van der Waals surface area contributed by atoms with Crippen LogP contribution in [0.4, 0.5) is 13.2 Å². The van der Waals surface area contributed by atoms with E-state index in [4.69, 9.17) is 0 Å². The fourth-order valence-corrected chi connectivity index (χ4v) is 2.63. The SMILES string of the molecule is CNCCCn1cc(S(=O)(=O)NCCCC(F)(F)F)cn1. The first-order valence-corrected chi connectivity index (χ1v) is 7.96. The van der Waals surface area contributed by atoms with Crippen molar-refractivity contribution in [3.8, 4) is 0 Å². The van der Waals surface area contributed by atoms with Crippen LogP contribution in [0.1, 0.15) is 19.3 Å². The van der Waals surface area contributed by atoms with Crippen LogP contribution in [0.2, 0.25) is 0 Å². The summed E-state index contributed by atoms with van der Waals surface area (Å²) in [6.45, 7) is 1.08. The summed E-state index contributed by atoms with van der Waals surface area (Å²) in [4.78, 5) is -0.0426. The lowest BCUT2D eigenvalue weighted by atomic mass is 10.3. The first kappa shape index (κ1) is 17.9. The Balaban J connectivity index is 2.47. The fraction of sp³-hybridized carbons (Fsp3) is 0.727. The van der Waals surface area contributed by atoms with Crippen LogP contribution in [0.3, 0.4) is 0 Å². The Labute approximate surface area is 121 Å². The molecule has 1 aromatic heterocycles. The third-order valence-electron chi connectivity index (χ3n) is 2.66. The predicted molar refractivity (Wildman–Crippen MR) is 71.2 cm³/mol. The van der Waals surface area contributed by atoms with Gasteiger partial charge >= 0.3 is 6.18 Å². The summed E-state index contributed by atoms with van der Waals surface area (Å²) in [6.07, 6.45) is -2.24. The third-order valence-corrected chi connectivity index (χ3v) is 4.08. The number of sulfonamides is 1. The van der Waals surface area contributed by atoms with Crippen molar-refractivity contribution in [1.29, 1.82) is 0 Å². The van der Waals surface area contributed by atoms with Crippen LogP contribution in [0.25, 0.3) is 0 Å². The molecule has 0 bridgehead atoms. The highest BCUT2D eigenvalue weighted by Gasteiger charge is 2.26.